The van der Waals surface area contributed by atoms with E-state index in [2.05, 4.69) is 9.62 Å². The van der Waals surface area contributed by atoms with Crippen molar-refractivity contribution in [2.75, 3.05) is 54.1 Å². The lowest BCUT2D eigenvalue weighted by molar-refractivity contribution is 0.121. The van der Waals surface area contributed by atoms with Crippen LogP contribution in [-0.4, -0.2) is 67.4 Å². The van der Waals surface area contributed by atoms with Crippen molar-refractivity contribution >= 4 is 10.0 Å². The Morgan fingerprint density at radius 1 is 1.12 bits per heavy atom. The quantitative estimate of drug-likeness (QED) is 0.705. The Kier molecular flexibility index (Phi) is 7.49. The summed E-state index contributed by atoms with van der Waals surface area (Å²) < 4.78 is 43.2. The molecule has 142 valence electrons. The number of methoxy groups -OCH3 is 3. The Morgan fingerprint density at radius 3 is 2.40 bits per heavy atom. The van der Waals surface area contributed by atoms with E-state index >= 15 is 0 Å². The van der Waals surface area contributed by atoms with Crippen LogP contribution in [0.4, 0.5) is 0 Å². The fourth-order valence-electron chi connectivity index (χ4n) is 2.93. The third-order valence-corrected chi connectivity index (χ3v) is 5.97. The topological polar surface area (TPSA) is 77.1 Å². The number of rotatable bonds is 9. The first-order valence-corrected chi connectivity index (χ1v) is 9.91. The molecule has 1 aromatic rings. The summed E-state index contributed by atoms with van der Waals surface area (Å²) in [5, 5.41) is 0. The van der Waals surface area contributed by atoms with Gasteiger partial charge >= 0.3 is 0 Å². The van der Waals surface area contributed by atoms with Gasteiger partial charge < -0.3 is 19.1 Å². The second kappa shape index (κ2) is 9.38. The highest BCUT2D eigenvalue weighted by atomic mass is 32.2. The van der Waals surface area contributed by atoms with Crippen LogP contribution in [0.2, 0.25) is 0 Å². The summed E-state index contributed by atoms with van der Waals surface area (Å²) in [4.78, 5) is 2.53. The van der Waals surface area contributed by atoms with Crippen LogP contribution < -0.4 is 14.2 Å². The SMILES string of the molecule is COCCN1CCC(CNS(=O)(=O)c2ccc(OC)c(OC)c2)CC1. The molecule has 8 heteroatoms. The van der Waals surface area contributed by atoms with Crippen LogP contribution >= 0.6 is 0 Å². The van der Waals surface area contributed by atoms with E-state index < -0.39 is 10.0 Å². The number of benzene rings is 1. The Bertz CT molecular complexity index is 642. The molecule has 1 aromatic carbocycles. The molecule has 2 rings (SSSR count). The molecule has 7 nitrogen and oxygen atoms in total. The van der Waals surface area contributed by atoms with Gasteiger partial charge in [-0.2, -0.15) is 0 Å². The van der Waals surface area contributed by atoms with Gasteiger partial charge in [-0.05, 0) is 44.0 Å². The van der Waals surface area contributed by atoms with E-state index in [0.717, 1.165) is 39.1 Å². The minimum atomic E-state index is -3.56. The molecule has 0 bridgehead atoms. The maximum absolute atomic E-state index is 12.5. The van der Waals surface area contributed by atoms with Gasteiger partial charge in [-0.1, -0.05) is 0 Å². The molecule has 1 aliphatic rings. The Morgan fingerprint density at radius 2 is 1.80 bits per heavy atom. The van der Waals surface area contributed by atoms with Crippen molar-refractivity contribution in [1.29, 1.82) is 0 Å². The van der Waals surface area contributed by atoms with Crippen LogP contribution in [0.5, 0.6) is 11.5 Å². The predicted octanol–water partition coefficient (Wildman–Crippen LogP) is 1.34. The molecule has 0 radical (unpaired) electrons. The Labute approximate surface area is 150 Å². The zero-order chi connectivity index (χ0) is 18.3. The summed E-state index contributed by atoms with van der Waals surface area (Å²) in [5.41, 5.74) is 0. The minimum absolute atomic E-state index is 0.183. The van der Waals surface area contributed by atoms with Gasteiger partial charge in [-0.15, -0.1) is 0 Å². The number of hydrogen-bond acceptors (Lipinski definition) is 6. The maximum atomic E-state index is 12.5. The second-order valence-electron chi connectivity index (χ2n) is 6.15. The van der Waals surface area contributed by atoms with Crippen molar-refractivity contribution < 1.29 is 22.6 Å². The standard InChI is InChI=1S/C17H28N2O5S/c1-22-11-10-19-8-6-14(7-9-19)13-18-25(20,21)15-4-5-16(23-2)17(12-15)24-3/h4-5,12,14,18H,6-11,13H2,1-3H3. The average Bonchev–Trinajstić information content (AvgIpc) is 2.65. The number of nitrogens with zero attached hydrogens (tertiary/aromatic N) is 1. The Balaban J connectivity index is 1.90. The van der Waals surface area contributed by atoms with Gasteiger partial charge in [0, 0.05) is 26.3 Å². The van der Waals surface area contributed by atoms with Gasteiger partial charge in [0.1, 0.15) is 0 Å². The third-order valence-electron chi connectivity index (χ3n) is 4.55. The lowest BCUT2D eigenvalue weighted by Crippen LogP contribution is -2.39. The molecule has 0 spiro atoms. The highest BCUT2D eigenvalue weighted by Gasteiger charge is 2.22. The molecule has 0 atom stereocenters. The summed E-state index contributed by atoms with van der Waals surface area (Å²) in [5.74, 6) is 1.26. The van der Waals surface area contributed by atoms with E-state index in [0.29, 0.717) is 24.0 Å². The van der Waals surface area contributed by atoms with E-state index in [9.17, 15) is 8.42 Å². The monoisotopic (exact) mass is 372 g/mol. The molecule has 1 heterocycles. The lowest BCUT2D eigenvalue weighted by Gasteiger charge is -2.31. The van der Waals surface area contributed by atoms with Gasteiger partial charge in [-0.25, -0.2) is 13.1 Å². The van der Waals surface area contributed by atoms with Crippen molar-refractivity contribution in [3.63, 3.8) is 0 Å². The van der Waals surface area contributed by atoms with Crippen LogP contribution in [0.1, 0.15) is 12.8 Å². The van der Waals surface area contributed by atoms with Gasteiger partial charge in [0.25, 0.3) is 0 Å². The third kappa shape index (κ3) is 5.57. The normalized spacial score (nSPS) is 16.8. The van der Waals surface area contributed by atoms with E-state index in [1.54, 1.807) is 13.2 Å². The molecule has 0 aromatic heterocycles. The van der Waals surface area contributed by atoms with Gasteiger partial charge in [-0.3, -0.25) is 0 Å². The first-order valence-electron chi connectivity index (χ1n) is 8.43. The molecule has 1 saturated heterocycles. The summed E-state index contributed by atoms with van der Waals surface area (Å²) in [6.45, 7) is 4.07. The number of likely N-dealkylation sites (tertiary alicyclic amines) is 1. The fraction of sp³-hybridized carbons (Fsp3) is 0.647. The number of piperidine rings is 1. The number of ether oxygens (including phenoxy) is 3. The molecule has 0 aliphatic carbocycles. The molecular formula is C17H28N2O5S. The first kappa shape index (κ1) is 20.0. The summed E-state index contributed by atoms with van der Waals surface area (Å²) in [6, 6.07) is 4.60. The highest BCUT2D eigenvalue weighted by Crippen LogP contribution is 2.29. The summed E-state index contributed by atoms with van der Waals surface area (Å²) >= 11 is 0. The predicted molar refractivity (Wildman–Crippen MR) is 95.8 cm³/mol. The Hall–Kier alpha value is -1.35. The van der Waals surface area contributed by atoms with E-state index in [-0.39, 0.29) is 4.90 Å². The van der Waals surface area contributed by atoms with Gasteiger partial charge in [0.2, 0.25) is 10.0 Å². The van der Waals surface area contributed by atoms with Crippen LogP contribution in [0.15, 0.2) is 23.1 Å². The lowest BCUT2D eigenvalue weighted by atomic mass is 9.97. The molecule has 0 amide bonds. The zero-order valence-corrected chi connectivity index (χ0v) is 16.0. The zero-order valence-electron chi connectivity index (χ0n) is 15.2. The summed E-state index contributed by atoms with van der Waals surface area (Å²) in [7, 11) is 1.14. The van der Waals surface area contributed by atoms with E-state index in [1.165, 1.54) is 26.4 Å². The van der Waals surface area contributed by atoms with Crippen molar-refractivity contribution in [2.24, 2.45) is 5.92 Å². The van der Waals surface area contributed by atoms with Crippen molar-refractivity contribution in [3.8, 4) is 11.5 Å². The molecule has 0 unspecified atom stereocenters. The first-order chi connectivity index (χ1) is 12.0. The number of hydrogen-bond donors (Lipinski definition) is 1. The van der Waals surface area contributed by atoms with Crippen molar-refractivity contribution in [1.82, 2.24) is 9.62 Å². The molecule has 25 heavy (non-hydrogen) atoms. The highest BCUT2D eigenvalue weighted by molar-refractivity contribution is 7.89. The smallest absolute Gasteiger partial charge is 0.240 e. The van der Waals surface area contributed by atoms with Gasteiger partial charge in [0.15, 0.2) is 11.5 Å². The fourth-order valence-corrected chi connectivity index (χ4v) is 4.06. The average molecular weight is 372 g/mol. The van der Waals surface area contributed by atoms with Crippen LogP contribution in [0.25, 0.3) is 0 Å². The van der Waals surface area contributed by atoms with Crippen LogP contribution in [0.3, 0.4) is 0 Å². The minimum Gasteiger partial charge on any atom is -0.493 e. The molecule has 1 aliphatic heterocycles. The molecule has 1 N–H and O–H groups in total. The number of sulfonamides is 1. The van der Waals surface area contributed by atoms with Crippen molar-refractivity contribution in [3.05, 3.63) is 18.2 Å². The molecule has 0 saturated carbocycles. The number of nitrogens with one attached hydrogen (secondary N) is 1. The molecule has 1 fully saturated rings. The summed E-state index contributed by atoms with van der Waals surface area (Å²) in [6.07, 6.45) is 1.97. The van der Waals surface area contributed by atoms with Crippen molar-refractivity contribution in [2.45, 2.75) is 17.7 Å². The van der Waals surface area contributed by atoms with Gasteiger partial charge in [0.05, 0.1) is 25.7 Å². The van der Waals surface area contributed by atoms with E-state index in [1.807, 2.05) is 0 Å². The molecular weight excluding hydrogens is 344 g/mol. The largest absolute Gasteiger partial charge is 0.493 e. The van der Waals surface area contributed by atoms with Crippen LogP contribution in [-0.2, 0) is 14.8 Å². The van der Waals surface area contributed by atoms with E-state index in [4.69, 9.17) is 14.2 Å². The second-order valence-corrected chi connectivity index (χ2v) is 7.91. The maximum Gasteiger partial charge on any atom is 0.240 e. The van der Waals surface area contributed by atoms with Crippen LogP contribution in [0, 0.1) is 5.92 Å².